The topological polar surface area (TPSA) is 66.2 Å². The summed E-state index contributed by atoms with van der Waals surface area (Å²) in [6.07, 6.45) is 1.40. The lowest BCUT2D eigenvalue weighted by atomic mass is 9.85. The largest absolute Gasteiger partial charge is 0.273 e. The molecule has 0 saturated heterocycles. The molecule has 0 aliphatic carbocycles. The van der Waals surface area contributed by atoms with E-state index in [1.807, 2.05) is 20.8 Å². The molecule has 2 aliphatic rings. The highest BCUT2D eigenvalue weighted by molar-refractivity contribution is 6.07. The molecule has 21 heavy (non-hydrogen) atoms. The quantitative estimate of drug-likeness (QED) is 0.710. The second kappa shape index (κ2) is 6.96. The van der Waals surface area contributed by atoms with Gasteiger partial charge in [-0.3, -0.25) is 4.79 Å². The van der Waals surface area contributed by atoms with Crippen LogP contribution >= 0.6 is 0 Å². The number of azo groups is 1. The zero-order valence-corrected chi connectivity index (χ0v) is 13.4. The van der Waals surface area contributed by atoms with E-state index in [-0.39, 0.29) is 24.2 Å². The van der Waals surface area contributed by atoms with Crippen molar-refractivity contribution in [1.29, 1.82) is 0 Å². The summed E-state index contributed by atoms with van der Waals surface area (Å²) in [5.74, 6) is 0.00456. The smallest absolute Gasteiger partial charge is 0.245 e. The normalized spacial score (nSPS) is 21.2. The van der Waals surface area contributed by atoms with Gasteiger partial charge in [0, 0.05) is 11.8 Å². The van der Waals surface area contributed by atoms with Gasteiger partial charge in [-0.1, -0.05) is 55.5 Å². The third-order valence-electron chi connectivity index (χ3n) is 3.28. The third kappa shape index (κ3) is 6.19. The zero-order valence-electron chi connectivity index (χ0n) is 13.4. The molecule has 2 rings (SSSR count). The number of carbonyl (C=O) groups is 1. The maximum Gasteiger partial charge on any atom is 0.245 e. The number of amides is 1. The van der Waals surface area contributed by atoms with Gasteiger partial charge in [0.1, 0.15) is 0 Å². The number of nitrogens with one attached hydrogen (secondary N) is 1. The lowest BCUT2D eigenvalue weighted by Gasteiger charge is -2.22. The monoisotopic (exact) mass is 294 g/mol. The number of hydrogen-bond acceptors (Lipinski definition) is 4. The Hall–Kier alpha value is -1.52. The first-order chi connectivity index (χ1) is 9.00. The van der Waals surface area contributed by atoms with Crippen LogP contribution in [0.25, 0.3) is 0 Å². The molecule has 5 heteroatoms. The van der Waals surface area contributed by atoms with Crippen LogP contribution in [0.15, 0.2) is 27.6 Å². The van der Waals surface area contributed by atoms with Crippen molar-refractivity contribution in [3.8, 4) is 0 Å². The van der Waals surface area contributed by atoms with Gasteiger partial charge < -0.3 is 0 Å². The molecule has 0 aromatic rings. The molecule has 1 unspecified atom stereocenters. The van der Waals surface area contributed by atoms with Gasteiger partial charge in [0.2, 0.25) is 5.91 Å². The van der Waals surface area contributed by atoms with Crippen molar-refractivity contribution in [2.24, 2.45) is 26.2 Å². The number of hydrogen-bond donors (Lipinski definition) is 1. The summed E-state index contributed by atoms with van der Waals surface area (Å²) in [5, 5.41) is 11.9. The predicted molar refractivity (Wildman–Crippen MR) is 88.2 cm³/mol. The molecule has 1 amide bonds. The van der Waals surface area contributed by atoms with Crippen LogP contribution in [0, 0.1) is 10.8 Å². The average molecular weight is 294 g/mol. The Kier molecular flexibility index (Phi) is 6.46. The molecule has 1 atom stereocenters. The van der Waals surface area contributed by atoms with E-state index in [1.54, 1.807) is 0 Å². The van der Waals surface area contributed by atoms with E-state index in [0.29, 0.717) is 12.5 Å². The molecule has 0 aromatic heterocycles. The summed E-state index contributed by atoms with van der Waals surface area (Å²) >= 11 is 0. The number of nitrogens with zero attached hydrogens (tertiary/aromatic N) is 3. The summed E-state index contributed by atoms with van der Waals surface area (Å²) in [5.41, 5.74) is 4.55. The molecule has 0 saturated carbocycles. The van der Waals surface area contributed by atoms with Crippen LogP contribution in [-0.2, 0) is 4.79 Å². The van der Waals surface area contributed by atoms with Crippen LogP contribution in [0.3, 0.4) is 0 Å². The SMILES string of the molecule is C.C=C1CC(C(C)(C)C)N=N1.CC(C)(C)C1=NNC(=O)C1. The van der Waals surface area contributed by atoms with E-state index in [2.05, 4.69) is 48.1 Å². The minimum Gasteiger partial charge on any atom is -0.273 e. The van der Waals surface area contributed by atoms with E-state index in [0.717, 1.165) is 17.8 Å². The highest BCUT2D eigenvalue weighted by Crippen LogP contribution is 2.31. The van der Waals surface area contributed by atoms with Crippen molar-refractivity contribution in [1.82, 2.24) is 5.43 Å². The fourth-order valence-corrected chi connectivity index (χ4v) is 1.73. The van der Waals surface area contributed by atoms with E-state index in [4.69, 9.17) is 0 Å². The summed E-state index contributed by atoms with van der Waals surface area (Å²) in [7, 11) is 0. The highest BCUT2D eigenvalue weighted by atomic mass is 16.2. The third-order valence-corrected chi connectivity index (χ3v) is 3.28. The molecule has 0 fully saturated rings. The van der Waals surface area contributed by atoms with Crippen LogP contribution in [0.1, 0.15) is 61.8 Å². The maximum absolute atomic E-state index is 10.7. The number of carbonyl (C=O) groups excluding carboxylic acids is 1. The molecule has 1 N–H and O–H groups in total. The Bertz CT molecular complexity index is 450. The Morgan fingerprint density at radius 1 is 1.19 bits per heavy atom. The molecule has 0 aromatic carbocycles. The summed E-state index contributed by atoms with van der Waals surface area (Å²) in [6, 6.07) is 0.347. The molecular weight excluding hydrogens is 264 g/mol. The minimum atomic E-state index is 0. The molecule has 2 aliphatic heterocycles. The van der Waals surface area contributed by atoms with Crippen molar-refractivity contribution < 1.29 is 4.79 Å². The molecule has 0 bridgehead atoms. The highest BCUT2D eigenvalue weighted by Gasteiger charge is 2.28. The van der Waals surface area contributed by atoms with E-state index in [9.17, 15) is 4.79 Å². The van der Waals surface area contributed by atoms with Gasteiger partial charge in [-0.25, -0.2) is 5.43 Å². The molecule has 2 heterocycles. The predicted octanol–water partition coefficient (Wildman–Crippen LogP) is 4.32. The molecule has 0 radical (unpaired) electrons. The summed E-state index contributed by atoms with van der Waals surface area (Å²) in [6.45, 7) is 16.4. The van der Waals surface area contributed by atoms with Gasteiger partial charge in [-0.05, 0) is 5.41 Å². The number of hydrazone groups is 1. The lowest BCUT2D eigenvalue weighted by Crippen LogP contribution is -2.21. The molecule has 120 valence electrons. The van der Waals surface area contributed by atoms with Gasteiger partial charge in [0.25, 0.3) is 0 Å². The van der Waals surface area contributed by atoms with Crippen molar-refractivity contribution in [2.45, 2.75) is 67.9 Å². The van der Waals surface area contributed by atoms with Crippen LogP contribution in [0.2, 0.25) is 0 Å². The van der Waals surface area contributed by atoms with E-state index >= 15 is 0 Å². The van der Waals surface area contributed by atoms with E-state index < -0.39 is 0 Å². The second-order valence-corrected chi connectivity index (χ2v) is 7.39. The first-order valence-corrected chi connectivity index (χ1v) is 6.94. The van der Waals surface area contributed by atoms with Crippen molar-refractivity contribution in [3.05, 3.63) is 12.3 Å². The van der Waals surface area contributed by atoms with Gasteiger partial charge in [-0.15, -0.1) is 0 Å². The number of rotatable bonds is 0. The average Bonchev–Trinajstić information content (AvgIpc) is 2.85. The van der Waals surface area contributed by atoms with Crippen molar-refractivity contribution in [3.63, 3.8) is 0 Å². The Morgan fingerprint density at radius 2 is 1.76 bits per heavy atom. The van der Waals surface area contributed by atoms with Gasteiger partial charge in [0.05, 0.1) is 23.9 Å². The second-order valence-electron chi connectivity index (χ2n) is 7.39. The van der Waals surface area contributed by atoms with Crippen molar-refractivity contribution >= 4 is 11.6 Å². The Morgan fingerprint density at radius 3 is 1.95 bits per heavy atom. The Labute approximate surface area is 129 Å². The molecule has 0 spiro atoms. The van der Waals surface area contributed by atoms with Gasteiger partial charge in [-0.2, -0.15) is 15.3 Å². The first kappa shape index (κ1) is 19.5. The van der Waals surface area contributed by atoms with Crippen LogP contribution in [0.4, 0.5) is 0 Å². The Balaban J connectivity index is 0.000000364. The van der Waals surface area contributed by atoms with Crippen LogP contribution in [0.5, 0.6) is 0 Å². The first-order valence-electron chi connectivity index (χ1n) is 6.94. The standard InChI is InChI=1S/C8H14N2.C7H12N2O.CH4/c1-6-5-7(10-9-6)8(2,3)4;1-7(2,3)5-4-6(10)9-8-5;/h7H,1,5H2,2-4H3;4H2,1-3H3,(H,9,10);1H4. The summed E-state index contributed by atoms with van der Waals surface area (Å²) in [4.78, 5) is 10.7. The zero-order chi connectivity index (χ0) is 15.6. The van der Waals surface area contributed by atoms with Crippen LogP contribution < -0.4 is 5.43 Å². The maximum atomic E-state index is 10.7. The molecular formula is C16H30N4O. The van der Waals surface area contributed by atoms with Gasteiger partial charge >= 0.3 is 0 Å². The molecule has 5 nitrogen and oxygen atoms in total. The summed E-state index contributed by atoms with van der Waals surface area (Å²) < 4.78 is 0. The minimum absolute atomic E-state index is 0. The fourth-order valence-electron chi connectivity index (χ4n) is 1.73. The van der Waals surface area contributed by atoms with E-state index in [1.165, 1.54) is 0 Å². The lowest BCUT2D eigenvalue weighted by molar-refractivity contribution is -0.119. The fraction of sp³-hybridized carbons (Fsp3) is 0.750. The van der Waals surface area contributed by atoms with Crippen molar-refractivity contribution in [2.75, 3.05) is 0 Å². The van der Waals surface area contributed by atoms with Gasteiger partial charge in [0.15, 0.2) is 0 Å². The van der Waals surface area contributed by atoms with Crippen LogP contribution in [-0.4, -0.2) is 17.7 Å².